The summed E-state index contributed by atoms with van der Waals surface area (Å²) in [6, 6.07) is 9.18. The van der Waals surface area contributed by atoms with E-state index in [4.69, 9.17) is 11.1 Å². The first-order valence-corrected chi connectivity index (χ1v) is 6.34. The van der Waals surface area contributed by atoms with Crippen LogP contribution in [-0.4, -0.2) is 25.4 Å². The monoisotopic (exact) mass is 270 g/mol. The maximum atomic E-state index is 7.42. The number of hydrogen-bond acceptors (Lipinski definition) is 5. The van der Waals surface area contributed by atoms with Crippen LogP contribution in [0.3, 0.4) is 0 Å². The number of nitrogen functional groups attached to an aromatic ring is 1. The minimum atomic E-state index is 0.0235. The third-order valence-corrected chi connectivity index (χ3v) is 3.42. The zero-order valence-corrected chi connectivity index (χ0v) is 10.6. The molecule has 3 aromatic rings. The van der Waals surface area contributed by atoms with E-state index >= 15 is 0 Å². The molecule has 0 saturated heterocycles. The summed E-state index contributed by atoms with van der Waals surface area (Å²) in [5.41, 5.74) is 6.89. The normalized spacial score (nSPS) is 10.7. The van der Waals surface area contributed by atoms with Crippen molar-refractivity contribution in [2.45, 2.75) is 10.2 Å². The maximum absolute atomic E-state index is 7.42. The molecule has 3 aromatic heterocycles. The van der Waals surface area contributed by atoms with E-state index in [9.17, 15) is 0 Å². The van der Waals surface area contributed by atoms with Crippen LogP contribution in [0.25, 0.3) is 5.65 Å². The average molecular weight is 270 g/mol. The summed E-state index contributed by atoms with van der Waals surface area (Å²) in [6.07, 6.45) is 3.52. The Bertz CT molecular complexity index is 751. The third kappa shape index (κ3) is 2.27. The van der Waals surface area contributed by atoms with Crippen molar-refractivity contribution in [3.05, 3.63) is 48.3 Å². The van der Waals surface area contributed by atoms with Crippen LogP contribution in [0.15, 0.2) is 52.9 Å². The molecule has 0 amide bonds. The molecule has 0 aromatic carbocycles. The summed E-state index contributed by atoms with van der Waals surface area (Å²) in [6.45, 7) is 0. The summed E-state index contributed by atoms with van der Waals surface area (Å²) in [5.74, 6) is 0.0235. The molecule has 7 heteroatoms. The Morgan fingerprint density at radius 1 is 1.26 bits per heavy atom. The molecular formula is C12H10N6S. The Labute approximate surface area is 113 Å². The van der Waals surface area contributed by atoms with Gasteiger partial charge in [-0.1, -0.05) is 6.07 Å². The van der Waals surface area contributed by atoms with Gasteiger partial charge in [0.2, 0.25) is 5.16 Å². The van der Waals surface area contributed by atoms with Crippen molar-refractivity contribution in [2.24, 2.45) is 5.73 Å². The van der Waals surface area contributed by atoms with Gasteiger partial charge in [0.15, 0.2) is 5.65 Å². The van der Waals surface area contributed by atoms with E-state index in [1.165, 1.54) is 11.8 Å². The predicted molar refractivity (Wildman–Crippen MR) is 72.4 cm³/mol. The van der Waals surface area contributed by atoms with E-state index in [0.29, 0.717) is 5.56 Å². The van der Waals surface area contributed by atoms with Crippen molar-refractivity contribution < 1.29 is 0 Å². The minimum absolute atomic E-state index is 0.0235. The van der Waals surface area contributed by atoms with Crippen molar-refractivity contribution >= 4 is 23.2 Å². The molecule has 0 aliphatic heterocycles. The Morgan fingerprint density at radius 3 is 3.00 bits per heavy atom. The highest BCUT2D eigenvalue weighted by Crippen LogP contribution is 2.24. The smallest absolute Gasteiger partial charge is 0.201 e. The summed E-state index contributed by atoms with van der Waals surface area (Å²) < 4.78 is 1.88. The molecule has 0 spiro atoms. The summed E-state index contributed by atoms with van der Waals surface area (Å²) in [4.78, 5) is 4.23. The molecule has 0 aliphatic carbocycles. The first-order valence-electron chi connectivity index (χ1n) is 5.52. The lowest BCUT2D eigenvalue weighted by molar-refractivity contribution is 0.917. The van der Waals surface area contributed by atoms with E-state index in [2.05, 4.69) is 15.2 Å². The van der Waals surface area contributed by atoms with Crippen LogP contribution in [0.1, 0.15) is 5.56 Å². The number of pyridine rings is 2. The van der Waals surface area contributed by atoms with Gasteiger partial charge in [0.1, 0.15) is 10.9 Å². The number of nitrogens with one attached hydrogen (secondary N) is 1. The highest BCUT2D eigenvalue weighted by molar-refractivity contribution is 7.99. The van der Waals surface area contributed by atoms with Gasteiger partial charge in [-0.25, -0.2) is 4.98 Å². The number of aromatic nitrogens is 4. The molecule has 0 fully saturated rings. The molecule has 0 unspecified atom stereocenters. The summed E-state index contributed by atoms with van der Waals surface area (Å²) in [7, 11) is 0. The fourth-order valence-corrected chi connectivity index (χ4v) is 2.44. The molecule has 94 valence electrons. The SMILES string of the molecule is N=C(N)c1ccnc(Sc2nnc3ccccn23)c1. The lowest BCUT2D eigenvalue weighted by Gasteiger charge is -2.01. The lowest BCUT2D eigenvalue weighted by Crippen LogP contribution is -2.11. The summed E-state index contributed by atoms with van der Waals surface area (Å²) in [5, 5.41) is 17.1. The molecule has 3 rings (SSSR count). The molecule has 6 nitrogen and oxygen atoms in total. The van der Waals surface area contributed by atoms with Gasteiger partial charge in [0, 0.05) is 18.0 Å². The Balaban J connectivity index is 1.97. The van der Waals surface area contributed by atoms with Gasteiger partial charge in [-0.05, 0) is 36.0 Å². The maximum Gasteiger partial charge on any atom is 0.201 e. The molecule has 0 radical (unpaired) electrons. The zero-order chi connectivity index (χ0) is 13.2. The topological polar surface area (TPSA) is 93.0 Å². The standard InChI is InChI=1S/C12H10N6S/c13-11(14)8-4-5-15-10(7-8)19-12-17-16-9-3-1-2-6-18(9)12/h1-7H,(H3,13,14). The number of hydrogen-bond donors (Lipinski definition) is 2. The zero-order valence-electron chi connectivity index (χ0n) is 9.82. The van der Waals surface area contributed by atoms with Crippen molar-refractivity contribution in [1.29, 1.82) is 5.41 Å². The van der Waals surface area contributed by atoms with Crippen molar-refractivity contribution in [3.8, 4) is 0 Å². The highest BCUT2D eigenvalue weighted by Gasteiger charge is 2.08. The van der Waals surface area contributed by atoms with Crippen LogP contribution in [0.2, 0.25) is 0 Å². The van der Waals surface area contributed by atoms with Crippen LogP contribution in [0.5, 0.6) is 0 Å². The Kier molecular flexibility index (Phi) is 2.88. The van der Waals surface area contributed by atoms with Crippen LogP contribution >= 0.6 is 11.8 Å². The minimum Gasteiger partial charge on any atom is -0.384 e. The van der Waals surface area contributed by atoms with Gasteiger partial charge >= 0.3 is 0 Å². The molecule has 0 saturated carbocycles. The second-order valence-electron chi connectivity index (χ2n) is 3.81. The fraction of sp³-hybridized carbons (Fsp3) is 0. The quantitative estimate of drug-likeness (QED) is 0.556. The van der Waals surface area contributed by atoms with Crippen LogP contribution in [-0.2, 0) is 0 Å². The summed E-state index contributed by atoms with van der Waals surface area (Å²) >= 11 is 1.38. The van der Waals surface area contributed by atoms with E-state index in [-0.39, 0.29) is 5.84 Å². The number of amidine groups is 1. The molecular weight excluding hydrogens is 260 g/mol. The second-order valence-corrected chi connectivity index (χ2v) is 4.80. The van der Waals surface area contributed by atoms with E-state index in [1.54, 1.807) is 18.3 Å². The van der Waals surface area contributed by atoms with E-state index in [1.807, 2.05) is 28.8 Å². The molecule has 3 N–H and O–H groups in total. The molecule has 19 heavy (non-hydrogen) atoms. The van der Waals surface area contributed by atoms with Gasteiger partial charge in [0.25, 0.3) is 0 Å². The van der Waals surface area contributed by atoms with Crippen LogP contribution in [0.4, 0.5) is 0 Å². The number of nitrogens with zero attached hydrogens (tertiary/aromatic N) is 4. The van der Waals surface area contributed by atoms with Gasteiger partial charge in [0.05, 0.1) is 0 Å². The number of rotatable bonds is 3. The predicted octanol–water partition coefficient (Wildman–Crippen LogP) is 1.56. The van der Waals surface area contributed by atoms with Gasteiger partial charge in [-0.15, -0.1) is 10.2 Å². The second kappa shape index (κ2) is 4.69. The van der Waals surface area contributed by atoms with Crippen molar-refractivity contribution in [1.82, 2.24) is 19.6 Å². The van der Waals surface area contributed by atoms with Gasteiger partial charge in [-0.3, -0.25) is 9.81 Å². The Morgan fingerprint density at radius 2 is 2.16 bits per heavy atom. The molecule has 0 bridgehead atoms. The largest absolute Gasteiger partial charge is 0.384 e. The highest BCUT2D eigenvalue weighted by atomic mass is 32.2. The molecule has 0 aliphatic rings. The Hall–Kier alpha value is -2.41. The fourth-order valence-electron chi connectivity index (χ4n) is 1.62. The van der Waals surface area contributed by atoms with Crippen LogP contribution < -0.4 is 5.73 Å². The van der Waals surface area contributed by atoms with Crippen molar-refractivity contribution in [3.63, 3.8) is 0 Å². The third-order valence-electron chi connectivity index (χ3n) is 2.52. The van der Waals surface area contributed by atoms with E-state index in [0.717, 1.165) is 15.8 Å². The lowest BCUT2D eigenvalue weighted by atomic mass is 10.2. The first-order chi connectivity index (χ1) is 9.24. The molecule has 0 atom stereocenters. The molecule has 3 heterocycles. The first kappa shape index (κ1) is 11.7. The van der Waals surface area contributed by atoms with Crippen molar-refractivity contribution in [2.75, 3.05) is 0 Å². The number of fused-ring (bicyclic) bond motifs is 1. The van der Waals surface area contributed by atoms with Gasteiger partial charge in [-0.2, -0.15) is 0 Å². The van der Waals surface area contributed by atoms with E-state index < -0.39 is 0 Å². The van der Waals surface area contributed by atoms with Gasteiger partial charge < -0.3 is 5.73 Å². The van der Waals surface area contributed by atoms with Crippen LogP contribution in [0, 0.1) is 5.41 Å². The number of nitrogens with two attached hydrogens (primary N) is 1. The average Bonchev–Trinajstić information content (AvgIpc) is 2.83.